The molecule has 20 heavy (non-hydrogen) atoms. The Morgan fingerprint density at radius 1 is 1.50 bits per heavy atom. The minimum atomic E-state index is -0.536. The first-order valence-electron chi connectivity index (χ1n) is 6.89. The van der Waals surface area contributed by atoms with E-state index in [-0.39, 0.29) is 23.2 Å². The van der Waals surface area contributed by atoms with Gasteiger partial charge in [-0.3, -0.25) is 19.9 Å². The predicted molar refractivity (Wildman–Crippen MR) is 74.5 cm³/mol. The largest absolute Gasteiger partial charge is 0.349 e. The van der Waals surface area contributed by atoms with Gasteiger partial charge in [0.1, 0.15) is 6.20 Å². The Morgan fingerprint density at radius 3 is 2.90 bits per heavy atom. The maximum absolute atomic E-state index is 12.2. The highest BCUT2D eigenvalue weighted by atomic mass is 16.6. The molecule has 108 valence electrons. The van der Waals surface area contributed by atoms with Gasteiger partial charge in [0, 0.05) is 12.1 Å². The summed E-state index contributed by atoms with van der Waals surface area (Å²) in [5.74, 6) is 0.344. The van der Waals surface area contributed by atoms with Crippen molar-refractivity contribution in [3.8, 4) is 0 Å². The average Bonchev–Trinajstić information content (AvgIpc) is 2.38. The summed E-state index contributed by atoms with van der Waals surface area (Å²) in [5.41, 5.74) is 0.646. The molecular formula is C14H19N3O3. The molecule has 2 unspecified atom stereocenters. The van der Waals surface area contributed by atoms with Crippen molar-refractivity contribution in [1.82, 2.24) is 10.3 Å². The van der Waals surface area contributed by atoms with E-state index in [9.17, 15) is 14.9 Å². The van der Waals surface area contributed by atoms with Gasteiger partial charge < -0.3 is 5.32 Å². The van der Waals surface area contributed by atoms with Gasteiger partial charge in [0.25, 0.3) is 11.6 Å². The van der Waals surface area contributed by atoms with Gasteiger partial charge >= 0.3 is 0 Å². The first kappa shape index (κ1) is 14.4. The summed E-state index contributed by atoms with van der Waals surface area (Å²) in [6.07, 6.45) is 5.42. The van der Waals surface area contributed by atoms with E-state index in [2.05, 4.69) is 17.2 Å². The van der Waals surface area contributed by atoms with Crippen molar-refractivity contribution in [2.24, 2.45) is 5.92 Å². The van der Waals surface area contributed by atoms with Crippen LogP contribution in [-0.4, -0.2) is 21.9 Å². The molecule has 0 spiro atoms. The number of nitro groups is 1. The number of rotatable bonds is 3. The van der Waals surface area contributed by atoms with E-state index in [4.69, 9.17) is 0 Å². The summed E-state index contributed by atoms with van der Waals surface area (Å²) < 4.78 is 0. The lowest BCUT2D eigenvalue weighted by Crippen LogP contribution is -2.38. The highest BCUT2D eigenvalue weighted by Crippen LogP contribution is 2.24. The molecule has 1 N–H and O–H groups in total. The van der Waals surface area contributed by atoms with Crippen LogP contribution in [0.15, 0.2) is 12.3 Å². The molecule has 2 rings (SSSR count). The molecule has 0 saturated heterocycles. The van der Waals surface area contributed by atoms with E-state index in [0.717, 1.165) is 19.3 Å². The Balaban J connectivity index is 2.12. The summed E-state index contributed by atoms with van der Waals surface area (Å²) in [5, 5.41) is 13.7. The number of pyridine rings is 1. The van der Waals surface area contributed by atoms with Crippen LogP contribution in [0, 0.1) is 23.0 Å². The molecule has 1 saturated carbocycles. The molecule has 1 aromatic heterocycles. The Hall–Kier alpha value is -1.98. The van der Waals surface area contributed by atoms with Crippen molar-refractivity contribution < 1.29 is 9.72 Å². The van der Waals surface area contributed by atoms with Crippen molar-refractivity contribution in [3.05, 3.63) is 33.6 Å². The Labute approximate surface area is 117 Å². The Bertz CT molecular complexity index is 530. The number of nitrogens with one attached hydrogen (secondary N) is 1. The molecule has 1 heterocycles. The fourth-order valence-electron chi connectivity index (χ4n) is 2.68. The maximum Gasteiger partial charge on any atom is 0.288 e. The van der Waals surface area contributed by atoms with Gasteiger partial charge in [-0.15, -0.1) is 0 Å². The zero-order valence-electron chi connectivity index (χ0n) is 11.8. The van der Waals surface area contributed by atoms with E-state index in [0.29, 0.717) is 11.6 Å². The maximum atomic E-state index is 12.2. The number of aryl methyl sites for hydroxylation is 1. The standard InChI is InChI=1S/C14H19N3O3/c1-9-4-3-5-11(6-9)16-14(18)13-7-12(17(19)20)8-15-10(13)2/h7-9,11H,3-6H2,1-2H3,(H,16,18). The van der Waals surface area contributed by atoms with E-state index >= 15 is 0 Å². The lowest BCUT2D eigenvalue weighted by molar-refractivity contribution is -0.385. The number of carbonyl (C=O) groups excluding carboxylic acids is 1. The second-order valence-corrected chi connectivity index (χ2v) is 5.53. The SMILES string of the molecule is Cc1ncc([N+](=O)[O-])cc1C(=O)NC1CCCC(C)C1. The van der Waals surface area contributed by atoms with Gasteiger partial charge in [-0.2, -0.15) is 0 Å². The van der Waals surface area contributed by atoms with Gasteiger partial charge in [0.15, 0.2) is 0 Å². The third kappa shape index (κ3) is 3.31. The number of hydrogen-bond donors (Lipinski definition) is 1. The topological polar surface area (TPSA) is 85.1 Å². The highest BCUT2D eigenvalue weighted by molar-refractivity contribution is 5.95. The van der Waals surface area contributed by atoms with Crippen LogP contribution in [0.4, 0.5) is 5.69 Å². The molecule has 1 aliphatic carbocycles. The first-order chi connectivity index (χ1) is 9.47. The lowest BCUT2D eigenvalue weighted by Gasteiger charge is -2.27. The van der Waals surface area contributed by atoms with Crippen molar-refractivity contribution in [3.63, 3.8) is 0 Å². The monoisotopic (exact) mass is 277 g/mol. The van der Waals surface area contributed by atoms with Crippen LogP contribution in [0.2, 0.25) is 0 Å². The molecule has 1 aliphatic rings. The second-order valence-electron chi connectivity index (χ2n) is 5.53. The number of carbonyl (C=O) groups is 1. The number of aromatic nitrogens is 1. The fraction of sp³-hybridized carbons (Fsp3) is 0.571. The Kier molecular flexibility index (Phi) is 4.32. The van der Waals surface area contributed by atoms with Crippen molar-refractivity contribution in [2.75, 3.05) is 0 Å². The molecule has 2 atom stereocenters. The predicted octanol–water partition coefficient (Wildman–Crippen LogP) is 2.61. The third-order valence-electron chi connectivity index (χ3n) is 3.80. The van der Waals surface area contributed by atoms with Crippen LogP contribution in [0.25, 0.3) is 0 Å². The molecule has 1 amide bonds. The summed E-state index contributed by atoms with van der Waals surface area (Å²) in [6.45, 7) is 3.86. The molecule has 1 aromatic rings. The molecule has 0 radical (unpaired) electrons. The van der Waals surface area contributed by atoms with E-state index in [1.54, 1.807) is 6.92 Å². The fourth-order valence-corrected chi connectivity index (χ4v) is 2.68. The van der Waals surface area contributed by atoms with Crippen LogP contribution < -0.4 is 5.32 Å². The smallest absolute Gasteiger partial charge is 0.288 e. The van der Waals surface area contributed by atoms with Gasteiger partial charge in [0.05, 0.1) is 16.2 Å². The molecule has 1 fully saturated rings. The number of nitrogens with zero attached hydrogens (tertiary/aromatic N) is 2. The highest BCUT2D eigenvalue weighted by Gasteiger charge is 2.23. The molecule has 0 aromatic carbocycles. The third-order valence-corrected chi connectivity index (χ3v) is 3.80. The van der Waals surface area contributed by atoms with Gasteiger partial charge in [0.2, 0.25) is 0 Å². The molecule has 6 heteroatoms. The quantitative estimate of drug-likeness (QED) is 0.679. The van der Waals surface area contributed by atoms with Gasteiger partial charge in [-0.1, -0.05) is 19.8 Å². The Morgan fingerprint density at radius 2 is 2.25 bits per heavy atom. The van der Waals surface area contributed by atoms with E-state index in [1.807, 2.05) is 0 Å². The van der Waals surface area contributed by atoms with Gasteiger partial charge in [-0.05, 0) is 25.7 Å². The van der Waals surface area contributed by atoms with Crippen LogP contribution in [0.1, 0.15) is 48.7 Å². The zero-order chi connectivity index (χ0) is 14.7. The normalized spacial score (nSPS) is 22.3. The van der Waals surface area contributed by atoms with Crippen molar-refractivity contribution in [2.45, 2.75) is 45.6 Å². The number of hydrogen-bond acceptors (Lipinski definition) is 4. The van der Waals surface area contributed by atoms with Crippen molar-refractivity contribution >= 4 is 11.6 Å². The summed E-state index contributed by atoms with van der Waals surface area (Å²) in [4.78, 5) is 26.4. The van der Waals surface area contributed by atoms with Crippen LogP contribution in [0.3, 0.4) is 0 Å². The van der Waals surface area contributed by atoms with Gasteiger partial charge in [-0.25, -0.2) is 0 Å². The molecule has 0 aliphatic heterocycles. The molecule has 0 bridgehead atoms. The zero-order valence-corrected chi connectivity index (χ0v) is 11.8. The summed E-state index contributed by atoms with van der Waals surface area (Å²) >= 11 is 0. The lowest BCUT2D eigenvalue weighted by atomic mass is 9.87. The second kappa shape index (κ2) is 5.98. The van der Waals surface area contributed by atoms with E-state index in [1.165, 1.54) is 18.7 Å². The van der Waals surface area contributed by atoms with Crippen molar-refractivity contribution in [1.29, 1.82) is 0 Å². The number of amides is 1. The van der Waals surface area contributed by atoms with Crippen LogP contribution >= 0.6 is 0 Å². The minimum absolute atomic E-state index is 0.155. The molecule has 6 nitrogen and oxygen atoms in total. The average molecular weight is 277 g/mol. The van der Waals surface area contributed by atoms with Crippen LogP contribution in [0.5, 0.6) is 0 Å². The summed E-state index contributed by atoms with van der Waals surface area (Å²) in [6, 6.07) is 1.45. The van der Waals surface area contributed by atoms with E-state index < -0.39 is 4.92 Å². The van der Waals surface area contributed by atoms with Crippen LogP contribution in [-0.2, 0) is 0 Å². The summed E-state index contributed by atoms with van der Waals surface area (Å²) in [7, 11) is 0. The minimum Gasteiger partial charge on any atom is -0.349 e. The molecular weight excluding hydrogens is 258 g/mol. The first-order valence-corrected chi connectivity index (χ1v) is 6.89.